The van der Waals surface area contributed by atoms with Crippen LogP contribution in [0.1, 0.15) is 37.6 Å². The number of benzene rings is 1. The standard InChI is InChI=1S/C14H19ClFNO2/c1-14(2,3)7-9(15)8-17-13(19)11-5-4-10(16)6-12(11)18/h4-6,9,18H,7-8H2,1-3H3,(H,17,19). The second-order valence-electron chi connectivity index (χ2n) is 5.73. The highest BCUT2D eigenvalue weighted by atomic mass is 35.5. The Balaban J connectivity index is 2.56. The molecule has 0 aliphatic rings. The minimum atomic E-state index is -0.586. The SMILES string of the molecule is CC(C)(C)CC(Cl)CNC(=O)c1ccc(F)cc1O. The smallest absolute Gasteiger partial charge is 0.255 e. The van der Waals surface area contributed by atoms with Crippen LogP contribution >= 0.6 is 11.6 Å². The Kier molecular flexibility index (Phi) is 5.18. The first-order valence-electron chi connectivity index (χ1n) is 6.10. The van der Waals surface area contributed by atoms with Crippen LogP contribution in [0, 0.1) is 11.2 Å². The fourth-order valence-electron chi connectivity index (χ4n) is 1.73. The van der Waals surface area contributed by atoms with Gasteiger partial charge in [-0.3, -0.25) is 4.79 Å². The molecule has 1 rings (SSSR count). The molecule has 106 valence electrons. The van der Waals surface area contributed by atoms with Gasteiger partial charge in [0.2, 0.25) is 0 Å². The normalized spacial score (nSPS) is 13.1. The monoisotopic (exact) mass is 287 g/mol. The van der Waals surface area contributed by atoms with Crippen molar-refractivity contribution in [3.63, 3.8) is 0 Å². The number of aromatic hydroxyl groups is 1. The summed E-state index contributed by atoms with van der Waals surface area (Å²) in [4.78, 5) is 11.8. The number of carbonyl (C=O) groups is 1. The number of alkyl halides is 1. The van der Waals surface area contributed by atoms with Crippen LogP contribution < -0.4 is 5.32 Å². The zero-order valence-corrected chi connectivity index (χ0v) is 12.1. The van der Waals surface area contributed by atoms with Crippen molar-refractivity contribution in [2.45, 2.75) is 32.6 Å². The molecule has 0 radical (unpaired) electrons. The average Bonchev–Trinajstić information content (AvgIpc) is 2.23. The van der Waals surface area contributed by atoms with Gasteiger partial charge >= 0.3 is 0 Å². The van der Waals surface area contributed by atoms with Crippen molar-refractivity contribution in [1.82, 2.24) is 5.32 Å². The van der Waals surface area contributed by atoms with Gasteiger partial charge < -0.3 is 10.4 Å². The number of phenolic OH excluding ortho intramolecular Hbond substituents is 1. The second-order valence-corrected chi connectivity index (χ2v) is 6.35. The molecule has 0 fully saturated rings. The van der Waals surface area contributed by atoms with Gasteiger partial charge in [0.05, 0.1) is 10.9 Å². The summed E-state index contributed by atoms with van der Waals surface area (Å²) in [5, 5.41) is 11.9. The third-order valence-electron chi connectivity index (χ3n) is 2.52. The van der Waals surface area contributed by atoms with Crippen LogP contribution in [-0.4, -0.2) is 22.9 Å². The van der Waals surface area contributed by atoms with Gasteiger partial charge in [0.1, 0.15) is 11.6 Å². The van der Waals surface area contributed by atoms with E-state index in [9.17, 15) is 14.3 Å². The molecule has 1 amide bonds. The lowest BCUT2D eigenvalue weighted by Gasteiger charge is -2.22. The fourth-order valence-corrected chi connectivity index (χ4v) is 2.27. The van der Waals surface area contributed by atoms with Gasteiger partial charge in [-0.2, -0.15) is 0 Å². The molecule has 0 aromatic heterocycles. The molecule has 5 heteroatoms. The summed E-state index contributed by atoms with van der Waals surface area (Å²) < 4.78 is 12.8. The lowest BCUT2D eigenvalue weighted by molar-refractivity contribution is 0.0949. The Morgan fingerprint density at radius 2 is 2.11 bits per heavy atom. The van der Waals surface area contributed by atoms with Crippen LogP contribution in [0.25, 0.3) is 0 Å². The molecule has 0 saturated heterocycles. The van der Waals surface area contributed by atoms with Crippen LogP contribution in [0.15, 0.2) is 18.2 Å². The summed E-state index contributed by atoms with van der Waals surface area (Å²) in [5.74, 6) is -1.42. The number of amides is 1. The highest BCUT2D eigenvalue weighted by Gasteiger charge is 2.18. The van der Waals surface area contributed by atoms with Crippen molar-refractivity contribution in [2.24, 2.45) is 5.41 Å². The third-order valence-corrected chi connectivity index (χ3v) is 2.83. The van der Waals surface area contributed by atoms with Gasteiger partial charge in [-0.05, 0) is 24.0 Å². The second kappa shape index (κ2) is 6.24. The van der Waals surface area contributed by atoms with Gasteiger partial charge in [-0.1, -0.05) is 20.8 Å². The Morgan fingerprint density at radius 1 is 1.47 bits per heavy atom. The first kappa shape index (κ1) is 15.8. The number of rotatable bonds is 4. The van der Waals surface area contributed by atoms with E-state index < -0.39 is 11.7 Å². The third kappa shape index (κ3) is 5.47. The molecule has 19 heavy (non-hydrogen) atoms. The zero-order valence-electron chi connectivity index (χ0n) is 11.3. The quantitative estimate of drug-likeness (QED) is 0.835. The molecule has 0 heterocycles. The Hall–Kier alpha value is -1.29. The molecule has 1 aromatic carbocycles. The Labute approximate surface area is 117 Å². The Bertz CT molecular complexity index is 457. The van der Waals surface area contributed by atoms with Crippen LogP contribution in [0.5, 0.6) is 5.75 Å². The van der Waals surface area contributed by atoms with E-state index in [1.807, 2.05) is 0 Å². The van der Waals surface area contributed by atoms with Crippen molar-refractivity contribution in [2.75, 3.05) is 6.54 Å². The van der Waals surface area contributed by atoms with Gasteiger partial charge in [0.15, 0.2) is 0 Å². The summed E-state index contributed by atoms with van der Waals surface area (Å²) in [7, 11) is 0. The maximum Gasteiger partial charge on any atom is 0.255 e. The summed E-state index contributed by atoms with van der Waals surface area (Å²) >= 11 is 6.12. The molecule has 0 aliphatic heterocycles. The van der Waals surface area contributed by atoms with Crippen molar-refractivity contribution in [3.8, 4) is 5.75 Å². The van der Waals surface area contributed by atoms with E-state index in [1.54, 1.807) is 0 Å². The number of hydrogen-bond donors (Lipinski definition) is 2. The molecule has 1 unspecified atom stereocenters. The minimum Gasteiger partial charge on any atom is -0.507 e. The first-order chi connectivity index (χ1) is 8.69. The van der Waals surface area contributed by atoms with Crippen LogP contribution in [0.3, 0.4) is 0 Å². The molecule has 3 nitrogen and oxygen atoms in total. The van der Waals surface area contributed by atoms with Crippen LogP contribution in [0.2, 0.25) is 0 Å². The predicted molar refractivity (Wildman–Crippen MR) is 74.1 cm³/mol. The molecule has 0 aliphatic carbocycles. The largest absolute Gasteiger partial charge is 0.507 e. The van der Waals surface area contributed by atoms with Gasteiger partial charge in [-0.15, -0.1) is 11.6 Å². The first-order valence-corrected chi connectivity index (χ1v) is 6.53. The minimum absolute atomic E-state index is 0.0426. The van der Waals surface area contributed by atoms with E-state index in [4.69, 9.17) is 11.6 Å². The summed E-state index contributed by atoms with van der Waals surface area (Å²) in [5.41, 5.74) is 0.121. The molecule has 0 spiro atoms. The van der Waals surface area contributed by atoms with E-state index in [1.165, 1.54) is 6.07 Å². The highest BCUT2D eigenvalue weighted by molar-refractivity contribution is 6.21. The number of halogens is 2. The molecule has 1 aromatic rings. The zero-order chi connectivity index (χ0) is 14.6. The van der Waals surface area contributed by atoms with E-state index in [0.717, 1.165) is 18.6 Å². The average molecular weight is 288 g/mol. The van der Waals surface area contributed by atoms with Crippen molar-refractivity contribution >= 4 is 17.5 Å². The molecule has 2 N–H and O–H groups in total. The number of carbonyl (C=O) groups excluding carboxylic acids is 1. The van der Waals surface area contributed by atoms with E-state index >= 15 is 0 Å². The van der Waals surface area contributed by atoms with Gasteiger partial charge in [0, 0.05) is 12.6 Å². The van der Waals surface area contributed by atoms with E-state index in [0.29, 0.717) is 6.54 Å². The summed E-state index contributed by atoms with van der Waals surface area (Å²) in [6.07, 6.45) is 0.754. The maximum atomic E-state index is 12.8. The Morgan fingerprint density at radius 3 is 2.63 bits per heavy atom. The molecular formula is C14H19ClFNO2. The number of nitrogens with one attached hydrogen (secondary N) is 1. The van der Waals surface area contributed by atoms with Crippen LogP contribution in [-0.2, 0) is 0 Å². The summed E-state index contributed by atoms with van der Waals surface area (Å²) in [6, 6.07) is 3.28. The maximum absolute atomic E-state index is 12.8. The van der Waals surface area contributed by atoms with Gasteiger partial charge in [-0.25, -0.2) is 4.39 Å². The molecular weight excluding hydrogens is 269 g/mol. The van der Waals surface area contributed by atoms with Crippen LogP contribution in [0.4, 0.5) is 4.39 Å². The van der Waals surface area contributed by atoms with Crippen molar-refractivity contribution in [1.29, 1.82) is 0 Å². The van der Waals surface area contributed by atoms with E-state index in [-0.39, 0.29) is 22.1 Å². The lowest BCUT2D eigenvalue weighted by Crippen LogP contribution is -2.31. The van der Waals surface area contributed by atoms with Gasteiger partial charge in [0.25, 0.3) is 5.91 Å². The predicted octanol–water partition coefficient (Wildman–Crippen LogP) is 3.30. The number of phenols is 1. The number of hydrogen-bond acceptors (Lipinski definition) is 2. The molecule has 0 saturated carbocycles. The molecule has 1 atom stereocenters. The topological polar surface area (TPSA) is 49.3 Å². The highest BCUT2D eigenvalue weighted by Crippen LogP contribution is 2.23. The van der Waals surface area contributed by atoms with E-state index in [2.05, 4.69) is 26.1 Å². The lowest BCUT2D eigenvalue weighted by atomic mass is 9.90. The molecule has 0 bridgehead atoms. The fraction of sp³-hybridized carbons (Fsp3) is 0.500. The van der Waals surface area contributed by atoms with Crippen molar-refractivity contribution in [3.05, 3.63) is 29.6 Å². The van der Waals surface area contributed by atoms with Crippen molar-refractivity contribution < 1.29 is 14.3 Å². The summed E-state index contributed by atoms with van der Waals surface area (Å²) in [6.45, 7) is 6.50.